The zero-order chi connectivity index (χ0) is 27.9. The Labute approximate surface area is 215 Å². The van der Waals surface area contributed by atoms with Gasteiger partial charge in [0.15, 0.2) is 0 Å². The van der Waals surface area contributed by atoms with Crippen LogP contribution in [0.3, 0.4) is 0 Å². The number of rotatable bonds is 7. The highest BCUT2D eigenvalue weighted by atomic mass is 19.4. The highest BCUT2D eigenvalue weighted by molar-refractivity contribution is 5.97. The molecule has 13 heteroatoms. The predicted octanol–water partition coefficient (Wildman–Crippen LogP) is 3.44. The van der Waals surface area contributed by atoms with Crippen molar-refractivity contribution in [3.8, 4) is 16.9 Å². The van der Waals surface area contributed by atoms with Gasteiger partial charge in [-0.2, -0.15) is 18.3 Å². The number of aromatic nitrogens is 2. The molecule has 0 unspecified atom stereocenters. The number of alkyl halides is 3. The molecule has 204 valence electrons. The fourth-order valence-electron chi connectivity index (χ4n) is 3.59. The van der Waals surface area contributed by atoms with E-state index in [1.807, 2.05) is 37.2 Å². The summed E-state index contributed by atoms with van der Waals surface area (Å²) in [4.78, 5) is 23.8. The number of halogens is 4. The van der Waals surface area contributed by atoms with Crippen LogP contribution in [0.4, 0.5) is 23.2 Å². The van der Waals surface area contributed by atoms with Crippen molar-refractivity contribution >= 4 is 17.6 Å². The maximum absolute atomic E-state index is 14.9. The molecule has 0 bridgehead atoms. The molecule has 1 aliphatic rings. The molecule has 0 radical (unpaired) electrons. The average molecular weight is 538 g/mol. The van der Waals surface area contributed by atoms with Gasteiger partial charge >= 0.3 is 12.1 Å². The Hall–Kier alpha value is -3.97. The Balaban J connectivity index is 0.000000505. The number of aliphatic carboxylic acids is 1. The monoisotopic (exact) mass is 537 g/mol. The smallest absolute Gasteiger partial charge is 0.490 e. The van der Waals surface area contributed by atoms with E-state index >= 15 is 0 Å². The Morgan fingerprint density at radius 2 is 1.89 bits per heavy atom. The van der Waals surface area contributed by atoms with Crippen molar-refractivity contribution in [2.75, 3.05) is 32.6 Å². The molecule has 2 heterocycles. The zero-order valence-corrected chi connectivity index (χ0v) is 20.6. The van der Waals surface area contributed by atoms with Crippen molar-refractivity contribution in [3.05, 3.63) is 65.7 Å². The molecule has 1 aromatic heterocycles. The highest BCUT2D eigenvalue weighted by Gasteiger charge is 2.38. The van der Waals surface area contributed by atoms with Crippen LogP contribution < -0.4 is 15.4 Å². The van der Waals surface area contributed by atoms with Crippen LogP contribution in [0.2, 0.25) is 0 Å². The number of hydrogen-bond acceptors (Lipinski definition) is 6. The summed E-state index contributed by atoms with van der Waals surface area (Å²) in [7, 11) is 3.89. The number of hydrogen-bond donors (Lipinski definition) is 4. The number of anilines is 1. The molecule has 1 atom stereocenters. The molecular formula is C25H27F4N5O4. The Bertz CT molecular complexity index is 1250. The van der Waals surface area contributed by atoms with Crippen LogP contribution >= 0.6 is 0 Å². The number of nitrogens with one attached hydrogen (secondary N) is 3. The summed E-state index contributed by atoms with van der Waals surface area (Å²) < 4.78 is 52.5. The summed E-state index contributed by atoms with van der Waals surface area (Å²) in [6.07, 6.45) is -1.35. The molecule has 0 spiro atoms. The van der Waals surface area contributed by atoms with Crippen LogP contribution in [-0.4, -0.2) is 71.5 Å². The second-order valence-corrected chi connectivity index (χ2v) is 8.67. The summed E-state index contributed by atoms with van der Waals surface area (Å²) >= 11 is 0. The predicted molar refractivity (Wildman–Crippen MR) is 131 cm³/mol. The number of fused-ring (bicyclic) bond motifs is 1. The number of benzene rings is 2. The van der Waals surface area contributed by atoms with Crippen molar-refractivity contribution in [2.24, 2.45) is 0 Å². The summed E-state index contributed by atoms with van der Waals surface area (Å²) in [5.74, 6) is -3.02. The van der Waals surface area contributed by atoms with E-state index in [1.165, 1.54) is 11.6 Å². The maximum Gasteiger partial charge on any atom is 0.490 e. The van der Waals surface area contributed by atoms with Crippen LogP contribution in [0.25, 0.3) is 11.1 Å². The van der Waals surface area contributed by atoms with Gasteiger partial charge in [0.25, 0.3) is 0 Å². The third-order valence-electron chi connectivity index (χ3n) is 5.57. The van der Waals surface area contributed by atoms with Crippen molar-refractivity contribution in [1.82, 2.24) is 20.4 Å². The van der Waals surface area contributed by atoms with Crippen LogP contribution in [0.5, 0.6) is 5.75 Å². The van der Waals surface area contributed by atoms with Crippen LogP contribution in [0.1, 0.15) is 11.1 Å². The maximum atomic E-state index is 14.9. The second kappa shape index (κ2) is 12.5. The van der Waals surface area contributed by atoms with Crippen LogP contribution in [-0.2, 0) is 22.6 Å². The van der Waals surface area contributed by atoms with Gasteiger partial charge in [-0.3, -0.25) is 9.89 Å². The third-order valence-corrected chi connectivity index (χ3v) is 5.57. The molecule has 0 saturated heterocycles. The summed E-state index contributed by atoms with van der Waals surface area (Å²) in [5.41, 5.74) is 3.61. The number of likely N-dealkylation sites (N-methyl/N-ethyl adjacent to an activating group) is 1. The minimum absolute atomic E-state index is 0.220. The summed E-state index contributed by atoms with van der Waals surface area (Å²) in [5, 5.41) is 19.8. The van der Waals surface area contributed by atoms with E-state index in [1.54, 1.807) is 18.5 Å². The molecule has 4 N–H and O–H groups in total. The van der Waals surface area contributed by atoms with Gasteiger partial charge in [-0.15, -0.1) is 0 Å². The molecule has 0 saturated carbocycles. The van der Waals surface area contributed by atoms with Gasteiger partial charge in [0.05, 0.1) is 17.9 Å². The molecule has 4 rings (SSSR count). The molecule has 0 fully saturated rings. The van der Waals surface area contributed by atoms with Gasteiger partial charge in [0.2, 0.25) is 5.91 Å². The standard InChI is InChI=1S/C23H26FN5O2.C2HF3O2/c1-29(2)7-8-31-22-10-18(17-13-26-27-14-17)19(24)11-20(22)28-23(30)21-9-15-5-3-4-6-16(15)12-25-21;3-2(4,5)1(6)7/h3-6,10-11,13-14,21,25H,7-9,12H2,1-2H3,(H,26,27)(H,28,30);(H,6,7)/t21-;/m1./s1. The lowest BCUT2D eigenvalue weighted by Gasteiger charge is -2.26. The van der Waals surface area contributed by atoms with Crippen LogP contribution in [0.15, 0.2) is 48.8 Å². The van der Waals surface area contributed by atoms with E-state index in [0.717, 1.165) is 5.56 Å². The average Bonchev–Trinajstić information content (AvgIpc) is 3.39. The van der Waals surface area contributed by atoms with Crippen molar-refractivity contribution in [2.45, 2.75) is 25.2 Å². The number of carboxylic acids is 1. The Morgan fingerprint density at radius 3 is 2.50 bits per heavy atom. The molecule has 38 heavy (non-hydrogen) atoms. The van der Waals surface area contributed by atoms with E-state index in [4.69, 9.17) is 14.6 Å². The lowest BCUT2D eigenvalue weighted by molar-refractivity contribution is -0.192. The number of carbonyl (C=O) groups is 2. The van der Waals surface area contributed by atoms with Gasteiger partial charge in [-0.25, -0.2) is 9.18 Å². The number of amides is 1. The second-order valence-electron chi connectivity index (χ2n) is 8.67. The van der Waals surface area contributed by atoms with E-state index in [-0.39, 0.29) is 5.91 Å². The van der Waals surface area contributed by atoms with Crippen LogP contribution in [0, 0.1) is 5.82 Å². The molecule has 2 aromatic carbocycles. The number of ether oxygens (including phenoxy) is 1. The zero-order valence-electron chi connectivity index (χ0n) is 20.6. The molecule has 3 aromatic rings. The largest absolute Gasteiger partial charge is 0.490 e. The fraction of sp³-hybridized carbons (Fsp3) is 0.320. The van der Waals surface area contributed by atoms with Crippen molar-refractivity contribution < 1.29 is 37.0 Å². The Kier molecular flexibility index (Phi) is 9.42. The SMILES string of the molecule is CN(C)CCOc1cc(-c2cn[nH]c2)c(F)cc1NC(=O)[C@H]1Cc2ccccc2CN1.O=C(O)C(F)(F)F. The summed E-state index contributed by atoms with van der Waals surface area (Å²) in [6.45, 7) is 1.71. The van der Waals surface area contributed by atoms with Crippen molar-refractivity contribution in [1.29, 1.82) is 0 Å². The lowest BCUT2D eigenvalue weighted by atomic mass is 9.95. The normalized spacial score (nSPS) is 14.8. The highest BCUT2D eigenvalue weighted by Crippen LogP contribution is 2.34. The van der Waals surface area contributed by atoms with Gasteiger partial charge in [-0.1, -0.05) is 24.3 Å². The van der Waals surface area contributed by atoms with Gasteiger partial charge in [0, 0.05) is 36.5 Å². The molecule has 1 aliphatic heterocycles. The van der Waals surface area contributed by atoms with Gasteiger partial charge in [-0.05, 0) is 37.7 Å². The lowest BCUT2D eigenvalue weighted by Crippen LogP contribution is -2.44. The van der Waals surface area contributed by atoms with E-state index in [2.05, 4.69) is 26.9 Å². The van der Waals surface area contributed by atoms with E-state index in [9.17, 15) is 22.4 Å². The number of H-pyrrole nitrogens is 1. The van der Waals surface area contributed by atoms with Gasteiger partial charge in [0.1, 0.15) is 18.2 Å². The molecule has 9 nitrogen and oxygen atoms in total. The summed E-state index contributed by atoms with van der Waals surface area (Å²) in [6, 6.07) is 10.6. The number of nitrogens with zero attached hydrogens (tertiary/aromatic N) is 2. The first-order chi connectivity index (χ1) is 18.0. The minimum Gasteiger partial charge on any atom is -0.490 e. The molecular weight excluding hydrogens is 510 g/mol. The third kappa shape index (κ3) is 7.76. The first kappa shape index (κ1) is 28.6. The van der Waals surface area contributed by atoms with E-state index in [0.29, 0.717) is 48.7 Å². The van der Waals surface area contributed by atoms with E-state index < -0.39 is 24.0 Å². The minimum atomic E-state index is -5.08. The quantitative estimate of drug-likeness (QED) is 0.341. The number of aromatic amines is 1. The first-order valence-electron chi connectivity index (χ1n) is 11.5. The fourth-order valence-corrected chi connectivity index (χ4v) is 3.59. The van der Waals surface area contributed by atoms with Crippen molar-refractivity contribution in [3.63, 3.8) is 0 Å². The van der Waals surface area contributed by atoms with Gasteiger partial charge < -0.3 is 25.4 Å². The number of carboxylic acid groups (broad SMARTS) is 1. The first-order valence-corrected chi connectivity index (χ1v) is 11.5. The Morgan fingerprint density at radius 1 is 1.21 bits per heavy atom. The number of carbonyl (C=O) groups excluding carboxylic acids is 1. The molecule has 1 amide bonds. The topological polar surface area (TPSA) is 120 Å². The molecule has 0 aliphatic carbocycles.